The van der Waals surface area contributed by atoms with Crippen LogP contribution in [0.25, 0.3) is 0 Å². The van der Waals surface area contributed by atoms with Gasteiger partial charge in [0.2, 0.25) is 0 Å². The maximum atomic E-state index is 12.1. The first-order valence-corrected chi connectivity index (χ1v) is 16.5. The first-order valence-electron chi connectivity index (χ1n) is 10.8. The Hall–Kier alpha value is 0.820. The Labute approximate surface area is 303 Å². The van der Waals surface area contributed by atoms with Crippen molar-refractivity contribution in [2.24, 2.45) is 0 Å². The van der Waals surface area contributed by atoms with Gasteiger partial charge in [-0.1, -0.05) is 18.2 Å². The van der Waals surface area contributed by atoms with E-state index in [1.807, 2.05) is 0 Å². The van der Waals surface area contributed by atoms with E-state index in [1.165, 1.54) is 39.0 Å². The van der Waals surface area contributed by atoms with E-state index in [2.05, 4.69) is 0 Å². The summed E-state index contributed by atoms with van der Waals surface area (Å²) in [6.45, 7) is 9.69. The van der Waals surface area contributed by atoms with Crippen molar-refractivity contribution in [2.75, 3.05) is 0 Å². The van der Waals surface area contributed by atoms with Crippen LogP contribution in [-0.2, 0) is 30.4 Å². The normalized spacial score (nSPS) is 11.8. The molecule has 40 heavy (non-hydrogen) atoms. The molecular formula is C24H30Na3O9PS3. The maximum absolute atomic E-state index is 12.1. The third-order valence-electron chi connectivity index (χ3n) is 6.04. The Morgan fingerprint density at radius 3 is 0.800 bits per heavy atom. The number of hydrogen-bond acceptors (Lipinski definition) is 6. The van der Waals surface area contributed by atoms with Gasteiger partial charge in [0.05, 0.1) is 14.7 Å². The van der Waals surface area contributed by atoms with Crippen molar-refractivity contribution < 1.29 is 38.9 Å². The first-order chi connectivity index (χ1) is 16.7. The van der Waals surface area contributed by atoms with Gasteiger partial charge in [-0.3, -0.25) is 13.7 Å². The molecule has 0 fully saturated rings. The van der Waals surface area contributed by atoms with Crippen molar-refractivity contribution in [3.63, 3.8) is 0 Å². The van der Waals surface area contributed by atoms with Gasteiger partial charge in [0.1, 0.15) is 0 Å². The molecule has 0 aromatic heterocycles. The van der Waals surface area contributed by atoms with Crippen LogP contribution in [-0.4, -0.2) is 128 Å². The van der Waals surface area contributed by atoms with Gasteiger partial charge in [-0.2, -0.15) is 25.3 Å². The fourth-order valence-electron chi connectivity index (χ4n) is 4.41. The molecule has 0 radical (unpaired) electrons. The van der Waals surface area contributed by atoms with E-state index in [9.17, 15) is 38.9 Å². The van der Waals surface area contributed by atoms with Crippen LogP contribution in [0.3, 0.4) is 0 Å². The summed E-state index contributed by atoms with van der Waals surface area (Å²) in [7, 11) is -15.7. The molecule has 0 saturated heterocycles. The van der Waals surface area contributed by atoms with Crippen molar-refractivity contribution in [3.8, 4) is 0 Å². The molecule has 0 amide bonds. The number of benzene rings is 3. The van der Waals surface area contributed by atoms with E-state index < -0.39 is 38.3 Å². The van der Waals surface area contributed by atoms with Gasteiger partial charge < -0.3 is 0 Å². The zero-order chi connectivity index (χ0) is 28.2. The van der Waals surface area contributed by atoms with Gasteiger partial charge >= 0.3 is 88.7 Å². The summed E-state index contributed by atoms with van der Waals surface area (Å²) in [5, 5.41) is 1.24. The van der Waals surface area contributed by atoms with Gasteiger partial charge in [0.25, 0.3) is 30.4 Å². The molecule has 3 aromatic rings. The predicted octanol–water partition coefficient (Wildman–Crippen LogP) is 1.09. The zero-order valence-electron chi connectivity index (χ0n) is 20.9. The van der Waals surface area contributed by atoms with Crippen molar-refractivity contribution in [1.82, 2.24) is 0 Å². The van der Waals surface area contributed by atoms with Gasteiger partial charge in [-0.05, 0) is 117 Å². The van der Waals surface area contributed by atoms with E-state index in [0.29, 0.717) is 32.6 Å². The van der Waals surface area contributed by atoms with E-state index >= 15 is 0 Å². The van der Waals surface area contributed by atoms with Gasteiger partial charge in [-0.15, -0.1) is 0 Å². The molecular weight excluding hydrogens is 628 g/mol. The average Bonchev–Trinajstić information content (AvgIpc) is 2.69. The molecule has 3 rings (SSSR count). The van der Waals surface area contributed by atoms with Gasteiger partial charge in [0.15, 0.2) is 0 Å². The quantitative estimate of drug-likeness (QED) is 0.200. The van der Waals surface area contributed by atoms with Crippen molar-refractivity contribution in [1.29, 1.82) is 0 Å². The molecule has 0 aliphatic rings. The van der Waals surface area contributed by atoms with Crippen LogP contribution in [0.2, 0.25) is 0 Å². The van der Waals surface area contributed by atoms with E-state index in [1.54, 1.807) is 39.0 Å². The molecule has 0 saturated carbocycles. The topological polar surface area (TPSA) is 163 Å². The SMILES string of the molecule is Cc1cc(C)c(S(=O)(=O)O)cc1P(c1cc(S(=O)(=O)O)c(C)cc1C)c1cc(S(=O)(=O)O)c(C)cc1C.[NaH].[NaH].[NaH]. The van der Waals surface area contributed by atoms with Gasteiger partial charge in [0, 0.05) is 0 Å². The monoisotopic (exact) mass is 658 g/mol. The Kier molecular flexibility index (Phi) is 15.0. The van der Waals surface area contributed by atoms with Crippen LogP contribution in [0, 0.1) is 41.5 Å². The first kappa shape index (κ1) is 40.8. The summed E-state index contributed by atoms with van der Waals surface area (Å²) in [6, 6.07) is 8.58. The molecule has 0 aliphatic carbocycles. The fourth-order valence-corrected chi connectivity index (χ4v) is 9.68. The Morgan fingerprint density at radius 2 is 0.625 bits per heavy atom. The minimum absolute atomic E-state index is 0. The molecule has 0 unspecified atom stereocenters. The second-order valence-electron chi connectivity index (χ2n) is 8.97. The number of rotatable bonds is 6. The van der Waals surface area contributed by atoms with Crippen LogP contribution < -0.4 is 15.9 Å². The Balaban J connectivity index is 0.00000507. The van der Waals surface area contributed by atoms with Crippen LogP contribution in [0.5, 0.6) is 0 Å². The summed E-state index contributed by atoms with van der Waals surface area (Å²) in [5.41, 5.74) is 2.69. The van der Waals surface area contributed by atoms with Crippen LogP contribution >= 0.6 is 7.92 Å². The van der Waals surface area contributed by atoms with Crippen LogP contribution in [0.4, 0.5) is 0 Å². The van der Waals surface area contributed by atoms with E-state index in [-0.39, 0.29) is 120 Å². The molecule has 3 N–H and O–H groups in total. The second-order valence-corrected chi connectivity index (χ2v) is 15.3. The third kappa shape index (κ3) is 8.94. The minimum atomic E-state index is -4.63. The molecule has 0 heterocycles. The van der Waals surface area contributed by atoms with Gasteiger partial charge in [-0.25, -0.2) is 0 Å². The van der Waals surface area contributed by atoms with Crippen molar-refractivity contribution in [3.05, 3.63) is 69.8 Å². The van der Waals surface area contributed by atoms with E-state index in [0.717, 1.165) is 0 Å². The molecule has 3 aromatic carbocycles. The molecule has 0 atom stereocenters. The standard InChI is InChI=1S/C24H27O9PS3.3Na.3H/c1-13-7-16(4)22(35(25,26)27)10-19(13)34(20-11-23(36(28,29)30)17(5)8-14(20)2)21-12-24(37(31,32)33)18(6)9-15(21)3;;;;;;/h7-12H,1-6H3,(H,25,26,27)(H,28,29,30)(H,31,32,33);;;;;;. The second kappa shape index (κ2) is 14.7. The molecule has 0 spiro atoms. The van der Waals surface area contributed by atoms with Crippen LogP contribution in [0.1, 0.15) is 33.4 Å². The summed E-state index contributed by atoms with van der Waals surface area (Å²) < 4.78 is 102. The van der Waals surface area contributed by atoms with Crippen LogP contribution in [0.15, 0.2) is 51.1 Å². The van der Waals surface area contributed by atoms with Crippen molar-refractivity contribution >= 4 is 143 Å². The molecule has 206 valence electrons. The predicted molar refractivity (Wildman–Crippen MR) is 164 cm³/mol. The summed E-state index contributed by atoms with van der Waals surface area (Å²) in [5.74, 6) is 0. The summed E-state index contributed by atoms with van der Waals surface area (Å²) in [6.07, 6.45) is 0. The fraction of sp³-hybridized carbons (Fsp3) is 0.250. The molecule has 9 nitrogen and oxygen atoms in total. The Bertz CT molecular complexity index is 1570. The Morgan fingerprint density at radius 1 is 0.425 bits per heavy atom. The average molecular weight is 659 g/mol. The number of hydrogen-bond donors (Lipinski definition) is 3. The summed E-state index contributed by atoms with van der Waals surface area (Å²) in [4.78, 5) is -1.04. The van der Waals surface area contributed by atoms with Crippen molar-refractivity contribution in [2.45, 2.75) is 56.2 Å². The third-order valence-corrected chi connectivity index (χ3v) is 11.9. The van der Waals surface area contributed by atoms with E-state index in [4.69, 9.17) is 0 Å². The molecule has 16 heteroatoms. The molecule has 0 aliphatic heterocycles. The number of aryl methyl sites for hydroxylation is 6. The molecule has 0 bridgehead atoms. The summed E-state index contributed by atoms with van der Waals surface area (Å²) >= 11 is 0. The zero-order valence-corrected chi connectivity index (χ0v) is 24.3.